The van der Waals surface area contributed by atoms with Crippen molar-refractivity contribution in [2.75, 3.05) is 46.1 Å². The Bertz CT molecular complexity index is 850. The number of aliphatic imine (C=N–C) groups is 1. The zero-order valence-corrected chi connectivity index (χ0v) is 16.4. The van der Waals surface area contributed by atoms with E-state index in [9.17, 15) is 4.79 Å². The van der Waals surface area contributed by atoms with E-state index in [1.54, 1.807) is 11.8 Å². The molecule has 2 aromatic rings. The number of ether oxygens (including phenoxy) is 2. The summed E-state index contributed by atoms with van der Waals surface area (Å²) in [5.74, 6) is 1.06. The van der Waals surface area contributed by atoms with Gasteiger partial charge in [0.15, 0.2) is 6.79 Å². The molecule has 2 aromatic carbocycles. The van der Waals surface area contributed by atoms with Crippen molar-refractivity contribution in [3.63, 3.8) is 0 Å². The maximum Gasteiger partial charge on any atom is 0.295 e. The van der Waals surface area contributed by atoms with Crippen molar-refractivity contribution in [3.05, 3.63) is 54.1 Å². The van der Waals surface area contributed by atoms with Gasteiger partial charge in [-0.05, 0) is 18.2 Å². The minimum absolute atomic E-state index is 0.0220. The summed E-state index contributed by atoms with van der Waals surface area (Å²) < 4.78 is 9.83. The van der Waals surface area contributed by atoms with E-state index in [1.807, 2.05) is 6.07 Å². The van der Waals surface area contributed by atoms with Crippen LogP contribution in [0.3, 0.4) is 0 Å². The highest BCUT2D eigenvalue weighted by Gasteiger charge is 2.24. The van der Waals surface area contributed by atoms with Gasteiger partial charge in [0.05, 0.1) is 12.3 Å². The molecule has 0 bridgehead atoms. The molecule has 0 amide bonds. The summed E-state index contributed by atoms with van der Waals surface area (Å²) in [5, 5.41) is 0. The van der Waals surface area contributed by atoms with Crippen molar-refractivity contribution in [1.82, 2.24) is 9.80 Å². The second-order valence-electron chi connectivity index (χ2n) is 6.62. The van der Waals surface area contributed by atoms with Crippen molar-refractivity contribution >= 4 is 29.8 Å². The highest BCUT2D eigenvalue weighted by atomic mass is 32.2. The highest BCUT2D eigenvalue weighted by Crippen LogP contribution is 2.40. The molecular weight excluding hydrogens is 374 g/mol. The van der Waals surface area contributed by atoms with Gasteiger partial charge < -0.3 is 14.4 Å². The van der Waals surface area contributed by atoms with Crippen LogP contribution in [0.4, 0.5) is 5.69 Å². The minimum atomic E-state index is 0.0220. The van der Waals surface area contributed by atoms with Crippen molar-refractivity contribution < 1.29 is 14.3 Å². The second kappa shape index (κ2) is 9.23. The average molecular weight is 398 g/mol. The van der Waals surface area contributed by atoms with Crippen LogP contribution in [0.15, 0.2) is 63.3 Å². The molecule has 6 nitrogen and oxygen atoms in total. The first-order chi connectivity index (χ1) is 13.8. The summed E-state index contributed by atoms with van der Waals surface area (Å²) in [6.45, 7) is 5.56. The SMILES string of the molecule is O=COCOCCN1CCN(C2=Nc3ccccc3Sc3ccccc32)CC1. The normalized spacial score (nSPS) is 16.6. The quantitative estimate of drug-likeness (QED) is 0.424. The Morgan fingerprint density at radius 2 is 1.75 bits per heavy atom. The van der Waals surface area contributed by atoms with Crippen LogP contribution < -0.4 is 0 Å². The highest BCUT2D eigenvalue weighted by molar-refractivity contribution is 7.99. The van der Waals surface area contributed by atoms with Crippen LogP contribution in [0.5, 0.6) is 0 Å². The first-order valence-corrected chi connectivity index (χ1v) is 10.2. The molecule has 0 radical (unpaired) electrons. The van der Waals surface area contributed by atoms with Gasteiger partial charge in [-0.3, -0.25) is 9.69 Å². The molecule has 28 heavy (non-hydrogen) atoms. The molecule has 0 N–H and O–H groups in total. The fraction of sp³-hybridized carbons (Fsp3) is 0.333. The smallest absolute Gasteiger partial charge is 0.295 e. The number of hydrogen-bond donors (Lipinski definition) is 0. The van der Waals surface area contributed by atoms with Crippen molar-refractivity contribution in [3.8, 4) is 0 Å². The lowest BCUT2D eigenvalue weighted by Crippen LogP contribution is -2.49. The Morgan fingerprint density at radius 1 is 1.00 bits per heavy atom. The zero-order valence-electron chi connectivity index (χ0n) is 15.6. The lowest BCUT2D eigenvalue weighted by atomic mass is 10.1. The molecule has 146 valence electrons. The number of nitrogens with zero attached hydrogens (tertiary/aromatic N) is 3. The molecule has 2 aliphatic heterocycles. The van der Waals surface area contributed by atoms with Crippen LogP contribution in [0.2, 0.25) is 0 Å². The number of amidine groups is 1. The van der Waals surface area contributed by atoms with E-state index in [2.05, 4.69) is 57.0 Å². The molecular formula is C21H23N3O3S. The van der Waals surface area contributed by atoms with Gasteiger partial charge in [0.2, 0.25) is 0 Å². The first kappa shape index (κ1) is 19.0. The summed E-state index contributed by atoms with van der Waals surface area (Å²) in [6.07, 6.45) is 0. The number of piperazine rings is 1. The second-order valence-corrected chi connectivity index (χ2v) is 7.70. The standard InChI is InChI=1S/C21H23N3O3S/c25-15-27-16-26-14-13-23-9-11-24(12-10-23)21-17-5-1-3-7-19(17)28-20-8-4-2-6-18(20)22-21/h1-8,15H,9-14,16H2. The van der Waals surface area contributed by atoms with E-state index < -0.39 is 0 Å². The molecule has 1 fully saturated rings. The summed E-state index contributed by atoms with van der Waals surface area (Å²) in [7, 11) is 0. The fourth-order valence-electron chi connectivity index (χ4n) is 3.42. The number of carbonyl (C=O) groups excluding carboxylic acids is 1. The van der Waals surface area contributed by atoms with E-state index in [4.69, 9.17) is 9.73 Å². The van der Waals surface area contributed by atoms with Crippen LogP contribution in [0.25, 0.3) is 0 Å². The number of benzene rings is 2. The number of carbonyl (C=O) groups is 1. The molecule has 2 heterocycles. The van der Waals surface area contributed by atoms with Crippen molar-refractivity contribution in [2.45, 2.75) is 9.79 Å². The molecule has 1 saturated heterocycles. The first-order valence-electron chi connectivity index (χ1n) is 9.40. The third-order valence-corrected chi connectivity index (χ3v) is 6.02. The number of para-hydroxylation sites is 1. The van der Waals surface area contributed by atoms with E-state index in [-0.39, 0.29) is 6.79 Å². The van der Waals surface area contributed by atoms with Crippen LogP contribution in [0, 0.1) is 0 Å². The van der Waals surface area contributed by atoms with E-state index >= 15 is 0 Å². The maximum absolute atomic E-state index is 10.1. The Labute approximate surface area is 169 Å². The van der Waals surface area contributed by atoms with Crippen LogP contribution in [-0.4, -0.2) is 68.2 Å². The zero-order chi connectivity index (χ0) is 19.2. The van der Waals surface area contributed by atoms with Gasteiger partial charge in [-0.15, -0.1) is 0 Å². The molecule has 0 aliphatic carbocycles. The maximum atomic E-state index is 10.1. The van der Waals surface area contributed by atoms with Gasteiger partial charge in [-0.25, -0.2) is 4.99 Å². The van der Waals surface area contributed by atoms with Gasteiger partial charge in [-0.2, -0.15) is 0 Å². The Kier molecular flexibility index (Phi) is 6.26. The Hall–Kier alpha value is -2.35. The number of fused-ring (bicyclic) bond motifs is 2. The lowest BCUT2D eigenvalue weighted by Gasteiger charge is -2.36. The van der Waals surface area contributed by atoms with Crippen molar-refractivity contribution in [1.29, 1.82) is 0 Å². The third-order valence-electron chi connectivity index (χ3n) is 4.88. The molecule has 0 spiro atoms. The monoisotopic (exact) mass is 397 g/mol. The van der Waals surface area contributed by atoms with E-state index in [0.29, 0.717) is 13.1 Å². The molecule has 0 unspecified atom stereocenters. The number of hydrogen-bond acceptors (Lipinski definition) is 7. The lowest BCUT2D eigenvalue weighted by molar-refractivity contribution is -0.141. The van der Waals surface area contributed by atoms with E-state index in [0.717, 1.165) is 44.2 Å². The number of rotatable bonds is 6. The van der Waals surface area contributed by atoms with Gasteiger partial charge >= 0.3 is 0 Å². The summed E-state index contributed by atoms with van der Waals surface area (Å²) in [6, 6.07) is 16.8. The molecule has 0 atom stereocenters. The summed E-state index contributed by atoms with van der Waals surface area (Å²) in [5.41, 5.74) is 2.23. The average Bonchev–Trinajstić information content (AvgIpc) is 2.91. The molecule has 7 heteroatoms. The van der Waals surface area contributed by atoms with E-state index in [1.165, 1.54) is 15.4 Å². The molecule has 4 rings (SSSR count). The van der Waals surface area contributed by atoms with Gasteiger partial charge in [0.25, 0.3) is 6.47 Å². The largest absolute Gasteiger partial charge is 0.441 e. The predicted octanol–water partition coefficient (Wildman–Crippen LogP) is 2.99. The van der Waals surface area contributed by atoms with Gasteiger partial charge in [0.1, 0.15) is 5.84 Å². The van der Waals surface area contributed by atoms with Crippen LogP contribution in [0.1, 0.15) is 5.56 Å². The molecule has 0 aromatic heterocycles. The topological polar surface area (TPSA) is 54.4 Å². The molecule has 0 saturated carbocycles. The molecule has 2 aliphatic rings. The van der Waals surface area contributed by atoms with Crippen molar-refractivity contribution in [2.24, 2.45) is 4.99 Å². The predicted molar refractivity (Wildman–Crippen MR) is 109 cm³/mol. The Balaban J connectivity index is 1.45. The summed E-state index contributed by atoms with van der Waals surface area (Å²) in [4.78, 5) is 22.4. The summed E-state index contributed by atoms with van der Waals surface area (Å²) >= 11 is 1.78. The fourth-order valence-corrected chi connectivity index (χ4v) is 4.44. The Morgan fingerprint density at radius 3 is 2.57 bits per heavy atom. The van der Waals surface area contributed by atoms with Crippen LogP contribution >= 0.6 is 11.8 Å². The minimum Gasteiger partial charge on any atom is -0.441 e. The van der Waals surface area contributed by atoms with Gasteiger partial charge in [-0.1, -0.05) is 42.1 Å². The van der Waals surface area contributed by atoms with Gasteiger partial charge in [0, 0.05) is 48.1 Å². The van der Waals surface area contributed by atoms with Crippen LogP contribution in [-0.2, 0) is 14.3 Å². The third kappa shape index (κ3) is 4.38.